The van der Waals surface area contributed by atoms with Gasteiger partial charge in [0.25, 0.3) is 0 Å². The Morgan fingerprint density at radius 1 is 1.09 bits per heavy atom. The SMILES string of the molecule is CCOC(=O)C1=C(c2ccccc2)N=C2SC=C(CC(=O)NCC(C)C)N2C1c1ccccc1. The highest BCUT2D eigenvalue weighted by Gasteiger charge is 2.42. The van der Waals surface area contributed by atoms with E-state index in [0.29, 0.717) is 23.7 Å². The van der Waals surface area contributed by atoms with Crippen molar-refractivity contribution in [3.63, 3.8) is 0 Å². The van der Waals surface area contributed by atoms with Gasteiger partial charge >= 0.3 is 5.97 Å². The largest absolute Gasteiger partial charge is 0.463 e. The van der Waals surface area contributed by atoms with Gasteiger partial charge in [0.1, 0.15) is 0 Å². The molecule has 6 nitrogen and oxygen atoms in total. The van der Waals surface area contributed by atoms with Gasteiger partial charge in [0.15, 0.2) is 5.17 Å². The van der Waals surface area contributed by atoms with Crippen LogP contribution in [0, 0.1) is 5.92 Å². The number of fused-ring (bicyclic) bond motifs is 1. The van der Waals surface area contributed by atoms with Crippen LogP contribution in [0.4, 0.5) is 0 Å². The number of carbonyl (C=O) groups is 2. The predicted octanol–water partition coefficient (Wildman–Crippen LogP) is 5.12. The number of aliphatic imine (C=N–C) groups is 1. The Hall–Kier alpha value is -3.32. The maximum Gasteiger partial charge on any atom is 0.338 e. The summed E-state index contributed by atoms with van der Waals surface area (Å²) in [5.41, 5.74) is 3.67. The number of hydrogen-bond acceptors (Lipinski definition) is 6. The van der Waals surface area contributed by atoms with E-state index in [4.69, 9.17) is 9.73 Å². The van der Waals surface area contributed by atoms with Gasteiger partial charge in [0.2, 0.25) is 5.91 Å². The molecule has 2 aliphatic heterocycles. The Labute approximate surface area is 204 Å². The van der Waals surface area contributed by atoms with Gasteiger partial charge < -0.3 is 15.0 Å². The number of amides is 1. The molecule has 0 saturated heterocycles. The van der Waals surface area contributed by atoms with Gasteiger partial charge in [0.05, 0.1) is 30.3 Å². The standard InChI is InChI=1S/C27H29N3O3S/c1-4-33-26(32)23-24(19-11-7-5-8-12-19)29-27-30(25(23)20-13-9-6-10-14-20)21(17-34-27)15-22(31)28-16-18(2)3/h5-14,17-18,25H,4,15-16H2,1-3H3,(H,28,31). The maximum absolute atomic E-state index is 13.4. The Morgan fingerprint density at radius 3 is 2.41 bits per heavy atom. The summed E-state index contributed by atoms with van der Waals surface area (Å²) in [5, 5.41) is 5.69. The summed E-state index contributed by atoms with van der Waals surface area (Å²) in [4.78, 5) is 33.0. The van der Waals surface area contributed by atoms with Crippen LogP contribution in [-0.4, -0.2) is 35.1 Å². The first-order valence-corrected chi connectivity index (χ1v) is 12.4. The number of carbonyl (C=O) groups excluding carboxylic acids is 2. The third-order valence-corrected chi connectivity index (χ3v) is 6.41. The second-order valence-corrected chi connectivity index (χ2v) is 9.36. The molecule has 0 bridgehead atoms. The molecule has 2 aromatic carbocycles. The molecule has 0 aliphatic carbocycles. The smallest absolute Gasteiger partial charge is 0.338 e. The number of esters is 1. The number of ether oxygens (including phenoxy) is 1. The number of rotatable bonds is 8. The highest BCUT2D eigenvalue weighted by molar-refractivity contribution is 8.16. The molecule has 0 spiro atoms. The second kappa shape index (κ2) is 10.7. The molecule has 1 atom stereocenters. The van der Waals surface area contributed by atoms with Crippen LogP contribution in [0.2, 0.25) is 0 Å². The van der Waals surface area contributed by atoms with Crippen LogP contribution in [0.15, 0.2) is 82.3 Å². The van der Waals surface area contributed by atoms with Crippen molar-refractivity contribution in [3.05, 3.63) is 88.5 Å². The van der Waals surface area contributed by atoms with E-state index in [1.165, 1.54) is 11.8 Å². The van der Waals surface area contributed by atoms with E-state index in [1.54, 1.807) is 6.92 Å². The van der Waals surface area contributed by atoms with Gasteiger partial charge in [-0.2, -0.15) is 0 Å². The molecule has 4 rings (SSSR count). The minimum absolute atomic E-state index is 0.0517. The van der Waals surface area contributed by atoms with E-state index < -0.39 is 12.0 Å². The van der Waals surface area contributed by atoms with Crippen LogP contribution in [0.1, 0.15) is 44.4 Å². The number of benzene rings is 2. The summed E-state index contributed by atoms with van der Waals surface area (Å²) >= 11 is 1.47. The van der Waals surface area contributed by atoms with Crippen LogP contribution < -0.4 is 5.32 Å². The number of thioether (sulfide) groups is 1. The first-order valence-electron chi connectivity index (χ1n) is 11.5. The van der Waals surface area contributed by atoms with E-state index in [2.05, 4.69) is 19.2 Å². The van der Waals surface area contributed by atoms with Gasteiger partial charge in [-0.25, -0.2) is 9.79 Å². The van der Waals surface area contributed by atoms with E-state index >= 15 is 0 Å². The lowest BCUT2D eigenvalue weighted by Gasteiger charge is -2.36. The van der Waals surface area contributed by atoms with Crippen molar-refractivity contribution in [2.45, 2.75) is 33.2 Å². The summed E-state index contributed by atoms with van der Waals surface area (Å²) in [7, 11) is 0. The van der Waals surface area contributed by atoms with Gasteiger partial charge in [-0.05, 0) is 23.8 Å². The van der Waals surface area contributed by atoms with Crippen LogP contribution in [0.5, 0.6) is 0 Å². The highest BCUT2D eigenvalue weighted by Crippen LogP contribution is 2.46. The van der Waals surface area contributed by atoms with E-state index in [0.717, 1.165) is 22.0 Å². The quantitative estimate of drug-likeness (QED) is 0.537. The summed E-state index contributed by atoms with van der Waals surface area (Å²) in [5.74, 6) is -0.0884. The molecule has 2 aromatic rings. The normalized spacial score (nSPS) is 17.3. The molecule has 0 saturated carbocycles. The molecule has 34 heavy (non-hydrogen) atoms. The second-order valence-electron chi connectivity index (χ2n) is 8.53. The third kappa shape index (κ3) is 5.09. The van der Waals surface area contributed by atoms with Crippen LogP contribution in [0.25, 0.3) is 5.70 Å². The average molecular weight is 476 g/mol. The van der Waals surface area contributed by atoms with Crippen molar-refractivity contribution in [1.82, 2.24) is 10.2 Å². The molecule has 7 heteroatoms. The lowest BCUT2D eigenvalue weighted by atomic mass is 9.91. The number of nitrogens with zero attached hydrogens (tertiary/aromatic N) is 2. The minimum Gasteiger partial charge on any atom is -0.463 e. The molecule has 176 valence electrons. The predicted molar refractivity (Wildman–Crippen MR) is 137 cm³/mol. The van der Waals surface area contributed by atoms with E-state index in [9.17, 15) is 9.59 Å². The van der Waals surface area contributed by atoms with Crippen molar-refractivity contribution >= 4 is 34.5 Å². The molecule has 0 aromatic heterocycles. The number of nitrogens with one attached hydrogen (secondary N) is 1. The van der Waals surface area contributed by atoms with Crippen molar-refractivity contribution in [2.24, 2.45) is 10.9 Å². The van der Waals surface area contributed by atoms with Gasteiger partial charge in [0, 0.05) is 17.8 Å². The summed E-state index contributed by atoms with van der Waals surface area (Å²) < 4.78 is 5.52. The summed E-state index contributed by atoms with van der Waals surface area (Å²) in [6.45, 7) is 6.80. The van der Waals surface area contributed by atoms with Crippen molar-refractivity contribution in [1.29, 1.82) is 0 Å². The highest BCUT2D eigenvalue weighted by atomic mass is 32.2. The van der Waals surface area contributed by atoms with Crippen molar-refractivity contribution in [3.8, 4) is 0 Å². The topological polar surface area (TPSA) is 71.0 Å². The molecule has 2 heterocycles. The zero-order valence-electron chi connectivity index (χ0n) is 19.7. The van der Waals surface area contributed by atoms with Gasteiger partial charge in [-0.3, -0.25) is 4.79 Å². The Bertz CT molecular complexity index is 1140. The Morgan fingerprint density at radius 2 is 1.76 bits per heavy atom. The zero-order chi connectivity index (χ0) is 24.1. The first kappa shape index (κ1) is 23.8. The van der Waals surface area contributed by atoms with Crippen LogP contribution in [-0.2, 0) is 14.3 Å². The van der Waals surface area contributed by atoms with E-state index in [1.807, 2.05) is 71.0 Å². The summed E-state index contributed by atoms with van der Waals surface area (Å²) in [6, 6.07) is 19.1. The van der Waals surface area contributed by atoms with Crippen molar-refractivity contribution in [2.75, 3.05) is 13.2 Å². The minimum atomic E-state index is -0.456. The van der Waals surface area contributed by atoms with Crippen LogP contribution >= 0.6 is 11.8 Å². The Balaban J connectivity index is 1.80. The Kier molecular flexibility index (Phi) is 7.53. The molecule has 0 radical (unpaired) electrons. The molecule has 1 amide bonds. The first-order chi connectivity index (χ1) is 16.5. The van der Waals surface area contributed by atoms with E-state index in [-0.39, 0.29) is 18.9 Å². The maximum atomic E-state index is 13.4. The molecular weight excluding hydrogens is 446 g/mol. The lowest BCUT2D eigenvalue weighted by Crippen LogP contribution is -2.38. The molecular formula is C27H29N3O3S. The third-order valence-electron chi connectivity index (χ3n) is 5.52. The molecule has 0 fully saturated rings. The van der Waals surface area contributed by atoms with Gasteiger partial charge in [-0.1, -0.05) is 86.3 Å². The number of hydrogen-bond donors (Lipinski definition) is 1. The number of amidine groups is 1. The van der Waals surface area contributed by atoms with Gasteiger partial charge in [-0.15, -0.1) is 0 Å². The molecule has 2 aliphatic rings. The fourth-order valence-electron chi connectivity index (χ4n) is 3.98. The fraction of sp³-hybridized carbons (Fsp3) is 0.296. The van der Waals surface area contributed by atoms with Crippen molar-refractivity contribution < 1.29 is 14.3 Å². The lowest BCUT2D eigenvalue weighted by molar-refractivity contribution is -0.139. The monoisotopic (exact) mass is 475 g/mol. The molecule has 1 N–H and O–H groups in total. The van der Waals surface area contributed by atoms with Crippen LogP contribution in [0.3, 0.4) is 0 Å². The summed E-state index contributed by atoms with van der Waals surface area (Å²) in [6.07, 6.45) is 0.207. The fourth-order valence-corrected chi connectivity index (χ4v) is 4.90. The molecule has 1 unspecified atom stereocenters. The average Bonchev–Trinajstić information content (AvgIpc) is 3.25. The zero-order valence-corrected chi connectivity index (χ0v) is 20.5.